The zero-order valence-corrected chi connectivity index (χ0v) is 10.5. The van der Waals surface area contributed by atoms with E-state index in [0.29, 0.717) is 0 Å². The second-order valence-corrected chi connectivity index (χ2v) is 4.36. The fourth-order valence-electron chi connectivity index (χ4n) is 0.517. The molecule has 13 heavy (non-hydrogen) atoms. The van der Waals surface area contributed by atoms with Crippen LogP contribution in [0.4, 0.5) is 0 Å². The van der Waals surface area contributed by atoms with Crippen LogP contribution in [0.5, 0.6) is 0 Å². The van der Waals surface area contributed by atoms with Crippen molar-refractivity contribution >= 4 is 43.1 Å². The average Bonchev–Trinajstić information content (AvgIpc) is 2.00. The van der Waals surface area contributed by atoms with E-state index >= 15 is 0 Å². The molecular weight excluding hydrogens is 208 g/mol. The Morgan fingerprint density at radius 3 is 2.46 bits per heavy atom. The minimum atomic E-state index is -3.61. The van der Waals surface area contributed by atoms with Gasteiger partial charge in [0.25, 0.3) is 0 Å². The molecule has 0 rings (SSSR count). The molecule has 6 nitrogen and oxygen atoms in total. The Balaban J connectivity index is 0. The predicted molar refractivity (Wildman–Crippen MR) is 47.7 cm³/mol. The Morgan fingerprint density at radius 1 is 1.69 bits per heavy atom. The van der Waals surface area contributed by atoms with Gasteiger partial charge < -0.3 is 20.3 Å². The number of carboxylic acid groups (broad SMARTS) is 1. The summed E-state index contributed by atoms with van der Waals surface area (Å²) in [5.74, 6) is -1.19. The van der Waals surface area contributed by atoms with Gasteiger partial charge in [-0.1, -0.05) is 0 Å². The van der Waals surface area contributed by atoms with Gasteiger partial charge >= 0.3 is 13.6 Å². The normalized spacial score (nSPS) is 16.8. The van der Waals surface area contributed by atoms with Crippen LogP contribution in [0.25, 0.3) is 0 Å². The molecule has 0 spiro atoms. The minimum Gasteiger partial charge on any atom is -0.480 e. The number of carbonyl (C=O) groups is 1. The van der Waals surface area contributed by atoms with Crippen molar-refractivity contribution in [2.75, 3.05) is 13.3 Å². The Morgan fingerprint density at radius 2 is 2.15 bits per heavy atom. The van der Waals surface area contributed by atoms with Crippen LogP contribution in [0, 0.1) is 0 Å². The third-order valence-corrected chi connectivity index (χ3v) is 2.72. The van der Waals surface area contributed by atoms with Crippen LogP contribution >= 0.6 is 7.60 Å². The van der Waals surface area contributed by atoms with E-state index < -0.39 is 19.6 Å². The number of aliphatic carboxylic acids is 1. The van der Waals surface area contributed by atoms with Crippen molar-refractivity contribution in [3.8, 4) is 0 Å². The molecule has 1 radical (unpaired) electrons. The first-order valence-corrected chi connectivity index (χ1v) is 5.01. The van der Waals surface area contributed by atoms with Crippen LogP contribution in [-0.4, -0.2) is 64.8 Å². The van der Waals surface area contributed by atoms with Gasteiger partial charge in [0.1, 0.15) is 6.04 Å². The molecule has 0 aromatic carbocycles. The van der Waals surface area contributed by atoms with E-state index in [-0.39, 0.29) is 42.1 Å². The van der Waals surface area contributed by atoms with Crippen LogP contribution < -0.4 is 5.73 Å². The molecule has 0 aliphatic carbocycles. The molecular formula is C5H12NNaO5P. The van der Waals surface area contributed by atoms with Gasteiger partial charge in [-0.2, -0.15) is 0 Å². The second-order valence-electron chi connectivity index (χ2n) is 2.28. The Kier molecular flexibility index (Phi) is 8.57. The first-order valence-electron chi connectivity index (χ1n) is 3.25. The summed E-state index contributed by atoms with van der Waals surface area (Å²) in [5.41, 5.74) is 5.09. The quantitative estimate of drug-likeness (QED) is 0.415. The van der Waals surface area contributed by atoms with E-state index in [1.807, 2.05) is 0 Å². The van der Waals surface area contributed by atoms with E-state index in [2.05, 4.69) is 4.52 Å². The van der Waals surface area contributed by atoms with Crippen molar-refractivity contribution in [2.45, 2.75) is 12.5 Å². The molecule has 0 aromatic rings. The first kappa shape index (κ1) is 16.0. The van der Waals surface area contributed by atoms with E-state index in [1.54, 1.807) is 0 Å². The van der Waals surface area contributed by atoms with Gasteiger partial charge in [0.15, 0.2) is 0 Å². The summed E-state index contributed by atoms with van der Waals surface area (Å²) < 4.78 is 15.0. The Labute approximate surface area is 98.3 Å². The van der Waals surface area contributed by atoms with Gasteiger partial charge in [0.05, 0.1) is 6.16 Å². The molecule has 0 saturated heterocycles. The largest absolute Gasteiger partial charge is 0.480 e. The summed E-state index contributed by atoms with van der Waals surface area (Å²) >= 11 is 0. The molecule has 0 heterocycles. The van der Waals surface area contributed by atoms with Crippen LogP contribution in [0.1, 0.15) is 6.42 Å². The predicted octanol–water partition coefficient (Wildman–Crippen LogP) is -0.761. The third-order valence-electron chi connectivity index (χ3n) is 1.33. The van der Waals surface area contributed by atoms with E-state index in [0.717, 1.165) is 7.11 Å². The average molecular weight is 220 g/mol. The van der Waals surface area contributed by atoms with Gasteiger partial charge in [-0.15, -0.1) is 0 Å². The van der Waals surface area contributed by atoms with Crippen LogP contribution in [0.3, 0.4) is 0 Å². The van der Waals surface area contributed by atoms with E-state index in [4.69, 9.17) is 15.7 Å². The van der Waals surface area contributed by atoms with E-state index in [9.17, 15) is 9.36 Å². The summed E-state index contributed by atoms with van der Waals surface area (Å²) in [6.45, 7) is 0. The molecule has 0 aliphatic heterocycles. The fourth-order valence-corrected chi connectivity index (χ4v) is 1.30. The molecule has 0 fully saturated rings. The molecule has 0 bridgehead atoms. The van der Waals surface area contributed by atoms with Gasteiger partial charge in [-0.3, -0.25) is 9.36 Å². The van der Waals surface area contributed by atoms with Crippen LogP contribution in [-0.2, 0) is 13.9 Å². The zero-order valence-electron chi connectivity index (χ0n) is 7.64. The minimum absolute atomic E-state index is 0. The number of carboxylic acids is 1. The molecule has 0 aliphatic rings. The maximum atomic E-state index is 10.8. The smallest absolute Gasteiger partial charge is 0.327 e. The summed E-state index contributed by atoms with van der Waals surface area (Å²) in [5, 5.41) is 8.31. The Hall–Kier alpha value is 0.580. The van der Waals surface area contributed by atoms with Gasteiger partial charge in [-0.25, -0.2) is 0 Å². The molecule has 4 N–H and O–H groups in total. The standard InChI is InChI=1S/C5H12NO5P.Na/c1-11-12(9,10)3-2-4(6)5(7)8;/h4H,2-3,6H2,1H3,(H,7,8)(H,9,10);/t4-;/m0./s1. The maximum absolute atomic E-state index is 10.8. The van der Waals surface area contributed by atoms with Crippen molar-refractivity contribution in [1.82, 2.24) is 0 Å². The maximum Gasteiger partial charge on any atom is 0.327 e. The Bertz CT molecular complexity index is 211. The van der Waals surface area contributed by atoms with Crippen molar-refractivity contribution in [2.24, 2.45) is 5.73 Å². The van der Waals surface area contributed by atoms with Crippen LogP contribution in [0.2, 0.25) is 0 Å². The van der Waals surface area contributed by atoms with Crippen LogP contribution in [0.15, 0.2) is 0 Å². The van der Waals surface area contributed by atoms with Crippen molar-refractivity contribution in [1.29, 1.82) is 0 Å². The SMILES string of the molecule is COP(=O)(O)CC[C@H](N)C(=O)O.[Na]. The summed E-state index contributed by atoms with van der Waals surface area (Å²) in [4.78, 5) is 19.0. The molecule has 73 valence electrons. The summed E-state index contributed by atoms with van der Waals surface area (Å²) in [6.07, 6.45) is -0.312. The van der Waals surface area contributed by atoms with Gasteiger partial charge in [0, 0.05) is 36.7 Å². The van der Waals surface area contributed by atoms with Gasteiger partial charge in [0.2, 0.25) is 0 Å². The number of hydrogen-bond acceptors (Lipinski definition) is 4. The van der Waals surface area contributed by atoms with Crippen molar-refractivity contribution in [3.05, 3.63) is 0 Å². The number of hydrogen-bond donors (Lipinski definition) is 3. The molecule has 0 aromatic heterocycles. The molecule has 0 amide bonds. The summed E-state index contributed by atoms with van der Waals surface area (Å²) in [6, 6.07) is -1.11. The molecule has 1 unspecified atom stereocenters. The molecule has 2 atom stereocenters. The number of nitrogens with two attached hydrogens (primary N) is 1. The molecule has 8 heteroatoms. The second kappa shape index (κ2) is 6.95. The molecule has 0 saturated carbocycles. The number of rotatable bonds is 5. The van der Waals surface area contributed by atoms with Gasteiger partial charge in [-0.05, 0) is 6.42 Å². The topological polar surface area (TPSA) is 110 Å². The van der Waals surface area contributed by atoms with E-state index in [1.165, 1.54) is 0 Å². The zero-order chi connectivity index (χ0) is 9.78. The summed E-state index contributed by atoms with van der Waals surface area (Å²) in [7, 11) is -2.52. The van der Waals surface area contributed by atoms with Crippen molar-refractivity contribution in [3.63, 3.8) is 0 Å². The van der Waals surface area contributed by atoms with Crippen molar-refractivity contribution < 1.29 is 23.9 Å². The fraction of sp³-hybridized carbons (Fsp3) is 0.800. The monoisotopic (exact) mass is 220 g/mol. The first-order chi connectivity index (χ1) is 5.39. The third kappa shape index (κ3) is 7.64.